The number of hydrogen-bond donors (Lipinski definition) is 1. The van der Waals surface area contributed by atoms with Gasteiger partial charge in [-0.15, -0.1) is 0 Å². The second kappa shape index (κ2) is 7.19. The Labute approximate surface area is 108 Å². The minimum Gasteiger partial charge on any atom is -0.478 e. The lowest BCUT2D eigenvalue weighted by Gasteiger charge is -2.02. The monoisotopic (exact) mass is 267 g/mol. The fourth-order valence-corrected chi connectivity index (χ4v) is 3.04. The quantitative estimate of drug-likeness (QED) is 0.654. The van der Waals surface area contributed by atoms with Crippen molar-refractivity contribution in [3.05, 3.63) is 53.7 Å². The molecular formula is C12H13NO2S2. The molecule has 0 spiro atoms. The SMILES string of the molecule is C1=CC(c2ccccn2)SS1.C=C(C)C(=O)O. The van der Waals surface area contributed by atoms with Gasteiger partial charge in [-0.25, -0.2) is 4.79 Å². The second-order valence-corrected chi connectivity index (χ2v) is 5.60. The molecule has 0 aromatic carbocycles. The maximum absolute atomic E-state index is 9.60. The van der Waals surface area contributed by atoms with E-state index in [-0.39, 0.29) is 5.57 Å². The number of carbonyl (C=O) groups is 1. The highest BCUT2D eigenvalue weighted by atomic mass is 33.1. The van der Waals surface area contributed by atoms with E-state index >= 15 is 0 Å². The number of aromatic nitrogens is 1. The summed E-state index contributed by atoms with van der Waals surface area (Å²) in [6.07, 6.45) is 4.02. The predicted molar refractivity (Wildman–Crippen MR) is 73.7 cm³/mol. The number of hydrogen-bond acceptors (Lipinski definition) is 4. The minimum atomic E-state index is -0.935. The Morgan fingerprint density at radius 2 is 2.24 bits per heavy atom. The van der Waals surface area contributed by atoms with Gasteiger partial charge in [0, 0.05) is 11.8 Å². The average molecular weight is 267 g/mol. The molecule has 0 fully saturated rings. The molecule has 2 rings (SSSR count). The Morgan fingerprint density at radius 3 is 2.65 bits per heavy atom. The van der Waals surface area contributed by atoms with Gasteiger partial charge in [-0.2, -0.15) is 0 Å². The van der Waals surface area contributed by atoms with Crippen LogP contribution < -0.4 is 0 Å². The van der Waals surface area contributed by atoms with Crippen molar-refractivity contribution in [1.29, 1.82) is 0 Å². The van der Waals surface area contributed by atoms with Gasteiger partial charge in [0.2, 0.25) is 0 Å². The molecule has 1 aliphatic rings. The second-order valence-electron chi connectivity index (χ2n) is 3.28. The molecule has 1 aromatic rings. The highest BCUT2D eigenvalue weighted by Crippen LogP contribution is 2.44. The third kappa shape index (κ3) is 5.10. The van der Waals surface area contributed by atoms with Crippen molar-refractivity contribution in [1.82, 2.24) is 4.98 Å². The lowest BCUT2D eigenvalue weighted by molar-refractivity contribution is -0.132. The summed E-state index contributed by atoms with van der Waals surface area (Å²) in [6.45, 7) is 4.60. The van der Waals surface area contributed by atoms with Crippen molar-refractivity contribution in [2.24, 2.45) is 0 Å². The predicted octanol–water partition coefficient (Wildman–Crippen LogP) is 3.68. The molecule has 1 atom stereocenters. The molecule has 90 valence electrons. The summed E-state index contributed by atoms with van der Waals surface area (Å²) >= 11 is 0. The standard InChI is InChI=1S/C8H7NS2.C4H6O2/c1-2-5-9-7(3-1)8-4-6-10-11-8;1-3(2)4(5)6/h1-6,8H;1H2,2H3,(H,5,6). The van der Waals surface area contributed by atoms with E-state index < -0.39 is 5.97 Å². The zero-order chi connectivity index (χ0) is 12.7. The molecule has 1 aliphatic heterocycles. The molecule has 0 saturated heterocycles. The molecule has 3 nitrogen and oxygen atoms in total. The summed E-state index contributed by atoms with van der Waals surface area (Å²) in [5.41, 5.74) is 1.33. The van der Waals surface area contributed by atoms with E-state index in [1.165, 1.54) is 6.92 Å². The van der Waals surface area contributed by atoms with Gasteiger partial charge in [0.05, 0.1) is 10.9 Å². The summed E-state index contributed by atoms with van der Waals surface area (Å²) < 4.78 is 0. The molecule has 1 aromatic heterocycles. The van der Waals surface area contributed by atoms with Gasteiger partial charge >= 0.3 is 5.97 Å². The van der Waals surface area contributed by atoms with Gasteiger partial charge in [0.25, 0.3) is 0 Å². The summed E-state index contributed by atoms with van der Waals surface area (Å²) in [6, 6.07) is 6.04. The summed E-state index contributed by atoms with van der Waals surface area (Å²) in [4.78, 5) is 13.9. The van der Waals surface area contributed by atoms with Crippen LogP contribution in [-0.2, 0) is 4.79 Å². The van der Waals surface area contributed by atoms with Crippen LogP contribution in [0.2, 0.25) is 0 Å². The van der Waals surface area contributed by atoms with Crippen molar-refractivity contribution >= 4 is 27.6 Å². The van der Waals surface area contributed by atoms with E-state index in [9.17, 15) is 4.79 Å². The van der Waals surface area contributed by atoms with Crippen LogP contribution >= 0.6 is 21.6 Å². The van der Waals surface area contributed by atoms with Crippen molar-refractivity contribution in [2.45, 2.75) is 12.2 Å². The van der Waals surface area contributed by atoms with E-state index in [2.05, 4.69) is 29.1 Å². The van der Waals surface area contributed by atoms with E-state index in [1.54, 1.807) is 10.8 Å². The van der Waals surface area contributed by atoms with Crippen LogP contribution in [0.3, 0.4) is 0 Å². The highest BCUT2D eigenvalue weighted by Gasteiger charge is 2.13. The molecule has 2 heterocycles. The number of rotatable bonds is 2. The average Bonchev–Trinajstić information content (AvgIpc) is 2.84. The zero-order valence-corrected chi connectivity index (χ0v) is 11.0. The number of pyridine rings is 1. The topological polar surface area (TPSA) is 50.2 Å². The first-order valence-corrected chi connectivity index (χ1v) is 7.17. The van der Waals surface area contributed by atoms with Gasteiger partial charge < -0.3 is 5.11 Å². The van der Waals surface area contributed by atoms with Gasteiger partial charge in [0.1, 0.15) is 0 Å². The normalized spacial score (nSPS) is 17.1. The lowest BCUT2D eigenvalue weighted by atomic mass is 10.3. The van der Waals surface area contributed by atoms with Crippen LogP contribution in [0.1, 0.15) is 17.9 Å². The number of carboxylic acid groups (broad SMARTS) is 1. The third-order valence-corrected chi connectivity index (χ3v) is 4.09. The van der Waals surface area contributed by atoms with Gasteiger partial charge in [-0.3, -0.25) is 4.98 Å². The molecule has 17 heavy (non-hydrogen) atoms. The number of nitrogens with zero attached hydrogens (tertiary/aromatic N) is 1. The Balaban J connectivity index is 0.000000209. The fourth-order valence-electron chi connectivity index (χ4n) is 0.920. The van der Waals surface area contributed by atoms with Crippen LogP contribution in [0, 0.1) is 0 Å². The van der Waals surface area contributed by atoms with Gasteiger partial charge in [-0.05, 0) is 24.5 Å². The van der Waals surface area contributed by atoms with Crippen LogP contribution in [0.25, 0.3) is 0 Å². The van der Waals surface area contributed by atoms with Crippen LogP contribution in [-0.4, -0.2) is 16.1 Å². The molecule has 1 unspecified atom stereocenters. The maximum atomic E-state index is 9.60. The summed E-state index contributed by atoms with van der Waals surface area (Å²) in [5, 5.41) is 10.5. The Bertz CT molecular complexity index is 406. The Kier molecular flexibility index (Phi) is 5.86. The maximum Gasteiger partial charge on any atom is 0.330 e. The molecule has 1 N–H and O–H groups in total. The molecule has 0 aliphatic carbocycles. The number of aliphatic carboxylic acids is 1. The third-order valence-electron chi connectivity index (χ3n) is 1.81. The lowest BCUT2D eigenvalue weighted by Crippen LogP contribution is -1.92. The molecule has 0 saturated carbocycles. The zero-order valence-electron chi connectivity index (χ0n) is 9.37. The number of carboxylic acids is 1. The largest absolute Gasteiger partial charge is 0.478 e. The van der Waals surface area contributed by atoms with E-state index in [4.69, 9.17) is 5.11 Å². The van der Waals surface area contributed by atoms with Crippen LogP contribution in [0.15, 0.2) is 48.0 Å². The van der Waals surface area contributed by atoms with Crippen molar-refractivity contribution in [2.75, 3.05) is 0 Å². The minimum absolute atomic E-state index is 0.176. The Morgan fingerprint density at radius 1 is 1.53 bits per heavy atom. The smallest absolute Gasteiger partial charge is 0.330 e. The van der Waals surface area contributed by atoms with Crippen molar-refractivity contribution in [3.63, 3.8) is 0 Å². The first-order chi connectivity index (χ1) is 8.11. The molecular weight excluding hydrogens is 254 g/mol. The van der Waals surface area contributed by atoms with Gasteiger partial charge in [-0.1, -0.05) is 40.3 Å². The van der Waals surface area contributed by atoms with E-state index in [0.29, 0.717) is 5.25 Å². The summed E-state index contributed by atoms with van der Waals surface area (Å²) in [7, 11) is 3.61. The van der Waals surface area contributed by atoms with Crippen molar-refractivity contribution in [3.8, 4) is 0 Å². The van der Waals surface area contributed by atoms with Crippen LogP contribution in [0.5, 0.6) is 0 Å². The summed E-state index contributed by atoms with van der Waals surface area (Å²) in [5.74, 6) is -0.935. The fraction of sp³-hybridized carbons (Fsp3) is 0.167. The molecule has 0 bridgehead atoms. The first-order valence-electron chi connectivity index (χ1n) is 4.90. The molecule has 0 radical (unpaired) electrons. The molecule has 0 amide bonds. The van der Waals surface area contributed by atoms with Gasteiger partial charge in [0.15, 0.2) is 0 Å². The van der Waals surface area contributed by atoms with E-state index in [0.717, 1.165) is 5.69 Å². The first kappa shape index (κ1) is 13.9. The van der Waals surface area contributed by atoms with E-state index in [1.807, 2.05) is 29.1 Å². The highest BCUT2D eigenvalue weighted by molar-refractivity contribution is 8.78. The van der Waals surface area contributed by atoms with Crippen LogP contribution in [0.4, 0.5) is 0 Å². The Hall–Kier alpha value is -1.20. The van der Waals surface area contributed by atoms with Crippen molar-refractivity contribution < 1.29 is 9.90 Å². The molecule has 5 heteroatoms.